The monoisotopic (exact) mass is 401 g/mol. The maximum absolute atomic E-state index is 8.90. The molecule has 3 aromatic heterocycles. The van der Waals surface area contributed by atoms with E-state index in [2.05, 4.69) is 17.5 Å². The van der Waals surface area contributed by atoms with Gasteiger partial charge in [0.05, 0.1) is 22.5 Å². The van der Waals surface area contributed by atoms with E-state index in [-0.39, 0.29) is 0 Å². The third kappa shape index (κ3) is 4.95. The van der Waals surface area contributed by atoms with Crippen LogP contribution in [0.3, 0.4) is 0 Å². The van der Waals surface area contributed by atoms with E-state index in [0.717, 1.165) is 26.6 Å². The van der Waals surface area contributed by atoms with Gasteiger partial charge in [-0.2, -0.15) is 10.5 Å². The number of nitrogens with zero attached hydrogens (tertiary/aromatic N) is 2. The predicted molar refractivity (Wildman–Crippen MR) is 117 cm³/mol. The van der Waals surface area contributed by atoms with Crippen LogP contribution in [0, 0.1) is 22.7 Å². The molecular weight excluding hydrogens is 382 g/mol. The van der Waals surface area contributed by atoms with Crippen molar-refractivity contribution in [1.82, 2.24) is 5.32 Å². The molecule has 144 valence electrons. The van der Waals surface area contributed by atoms with Gasteiger partial charge in [-0.05, 0) is 56.4 Å². The van der Waals surface area contributed by atoms with Gasteiger partial charge in [-0.1, -0.05) is 6.08 Å². The van der Waals surface area contributed by atoms with Crippen LogP contribution in [-0.2, 0) is 0 Å². The number of fused-ring (bicyclic) bond motifs is 1. The van der Waals surface area contributed by atoms with E-state index in [1.165, 1.54) is 0 Å². The normalized spacial score (nSPS) is 13.1. The average molecular weight is 401 g/mol. The van der Waals surface area contributed by atoms with E-state index in [4.69, 9.17) is 19.4 Å². The number of hydrogen-bond donors (Lipinski definition) is 1. The van der Waals surface area contributed by atoms with Crippen molar-refractivity contribution in [3.8, 4) is 12.1 Å². The van der Waals surface area contributed by atoms with Crippen molar-refractivity contribution in [2.75, 3.05) is 7.05 Å². The minimum atomic E-state index is 0.589. The summed E-state index contributed by atoms with van der Waals surface area (Å²) in [5, 5.41) is 20.9. The topological polar surface area (TPSA) is 85.9 Å². The first kappa shape index (κ1) is 20.0. The quantitative estimate of drug-likeness (QED) is 0.392. The third-order valence-electron chi connectivity index (χ3n) is 4.00. The zero-order chi connectivity index (χ0) is 20.8. The van der Waals surface area contributed by atoms with Gasteiger partial charge in [0.15, 0.2) is 5.76 Å². The van der Waals surface area contributed by atoms with Crippen LogP contribution in [0.25, 0.3) is 34.2 Å². The Morgan fingerprint density at radius 2 is 1.76 bits per heavy atom. The van der Waals surface area contributed by atoms with Gasteiger partial charge in [-0.15, -0.1) is 11.3 Å². The Morgan fingerprint density at radius 3 is 2.45 bits per heavy atom. The average Bonchev–Trinajstić information content (AvgIpc) is 3.40. The van der Waals surface area contributed by atoms with Crippen LogP contribution in [0.5, 0.6) is 0 Å². The largest absolute Gasteiger partial charge is 0.457 e. The SMILES string of the molecule is CN/C(=C\C=C\c1ccc(/C=C(/C)C#N)o1)c1cc2sc(/C=C(/C)C#N)cc2o1. The molecule has 0 radical (unpaired) electrons. The lowest BCUT2D eigenvalue weighted by Crippen LogP contribution is -2.02. The summed E-state index contributed by atoms with van der Waals surface area (Å²) in [7, 11) is 1.83. The van der Waals surface area contributed by atoms with E-state index >= 15 is 0 Å². The number of hydrogen-bond acceptors (Lipinski definition) is 6. The molecule has 0 aliphatic rings. The summed E-state index contributed by atoms with van der Waals surface area (Å²) in [6.07, 6.45) is 9.17. The highest BCUT2D eigenvalue weighted by Gasteiger charge is 2.10. The Morgan fingerprint density at radius 1 is 1.03 bits per heavy atom. The first-order valence-electron chi connectivity index (χ1n) is 8.89. The fourth-order valence-corrected chi connectivity index (χ4v) is 3.64. The number of rotatable bonds is 6. The van der Waals surface area contributed by atoms with Crippen molar-refractivity contribution in [3.05, 3.63) is 69.7 Å². The lowest BCUT2D eigenvalue weighted by atomic mass is 10.2. The van der Waals surface area contributed by atoms with Crippen molar-refractivity contribution >= 4 is 45.5 Å². The molecule has 6 heteroatoms. The Hall–Kier alpha value is -3.74. The molecule has 0 unspecified atom stereocenters. The van der Waals surface area contributed by atoms with Crippen molar-refractivity contribution in [2.24, 2.45) is 0 Å². The Kier molecular flexibility index (Phi) is 6.19. The standard InChI is InChI=1S/C23H19N3O2S/c1-15(13-24)9-18-8-7-17(27-18)5-4-6-20(26-3)21-12-23-22(28-21)11-19(29-23)10-16(2)14-25/h4-12,26H,1-3H3/b5-4+,15-9-,16-10-,20-6-. The summed E-state index contributed by atoms with van der Waals surface area (Å²) in [5.41, 5.74) is 2.88. The molecule has 0 aromatic carbocycles. The van der Waals surface area contributed by atoms with Crippen LogP contribution in [0.2, 0.25) is 0 Å². The minimum Gasteiger partial charge on any atom is -0.457 e. The zero-order valence-electron chi connectivity index (χ0n) is 16.3. The van der Waals surface area contributed by atoms with Crippen LogP contribution in [0.1, 0.15) is 36.0 Å². The van der Waals surface area contributed by atoms with E-state index in [1.54, 1.807) is 31.3 Å². The predicted octanol–water partition coefficient (Wildman–Crippen LogP) is 6.21. The first-order chi connectivity index (χ1) is 14.0. The Labute approximate surface area is 173 Å². The van der Waals surface area contributed by atoms with Crippen molar-refractivity contribution in [1.29, 1.82) is 10.5 Å². The maximum Gasteiger partial charge on any atom is 0.152 e. The lowest BCUT2D eigenvalue weighted by molar-refractivity contribution is 0.547. The van der Waals surface area contributed by atoms with Crippen LogP contribution in [0.15, 0.2) is 56.4 Å². The highest BCUT2D eigenvalue weighted by molar-refractivity contribution is 7.19. The van der Waals surface area contributed by atoms with Gasteiger partial charge in [0.1, 0.15) is 17.1 Å². The highest BCUT2D eigenvalue weighted by Crippen LogP contribution is 2.32. The first-order valence-corrected chi connectivity index (χ1v) is 9.70. The molecule has 3 heterocycles. The summed E-state index contributed by atoms with van der Waals surface area (Å²) in [5.74, 6) is 2.07. The highest BCUT2D eigenvalue weighted by atomic mass is 32.1. The second kappa shape index (κ2) is 8.97. The van der Waals surface area contributed by atoms with E-state index in [1.807, 2.05) is 55.6 Å². The van der Waals surface area contributed by atoms with Crippen LogP contribution in [0.4, 0.5) is 0 Å². The van der Waals surface area contributed by atoms with Crippen LogP contribution in [-0.4, -0.2) is 7.05 Å². The number of furan rings is 2. The number of nitrogens with one attached hydrogen (secondary N) is 1. The molecule has 29 heavy (non-hydrogen) atoms. The van der Waals surface area contributed by atoms with Gasteiger partial charge in [-0.25, -0.2) is 0 Å². The molecule has 1 N–H and O–H groups in total. The second-order valence-electron chi connectivity index (χ2n) is 6.30. The molecule has 0 aliphatic carbocycles. The van der Waals surface area contributed by atoms with Gasteiger partial charge in [0.2, 0.25) is 0 Å². The molecule has 0 bridgehead atoms. The molecule has 3 rings (SSSR count). The molecule has 0 saturated carbocycles. The minimum absolute atomic E-state index is 0.589. The summed E-state index contributed by atoms with van der Waals surface area (Å²) in [6.45, 7) is 3.52. The Bertz CT molecular complexity index is 1200. The summed E-state index contributed by atoms with van der Waals surface area (Å²) in [4.78, 5) is 0.994. The molecule has 0 amide bonds. The molecular formula is C23H19N3O2S. The van der Waals surface area contributed by atoms with Gasteiger partial charge in [0, 0.05) is 29.1 Å². The molecule has 0 fully saturated rings. The fraction of sp³-hybridized carbons (Fsp3) is 0.130. The lowest BCUT2D eigenvalue weighted by Gasteiger charge is -2.00. The van der Waals surface area contributed by atoms with Crippen molar-refractivity contribution in [2.45, 2.75) is 13.8 Å². The zero-order valence-corrected chi connectivity index (χ0v) is 17.1. The van der Waals surface area contributed by atoms with Gasteiger partial charge < -0.3 is 14.2 Å². The molecule has 0 saturated heterocycles. The molecule has 3 aromatic rings. The summed E-state index contributed by atoms with van der Waals surface area (Å²) in [6, 6.07) is 11.8. The van der Waals surface area contributed by atoms with E-state index in [9.17, 15) is 0 Å². The number of thiophene rings is 1. The van der Waals surface area contributed by atoms with Gasteiger partial charge >= 0.3 is 0 Å². The third-order valence-corrected chi connectivity index (χ3v) is 5.01. The van der Waals surface area contributed by atoms with Crippen LogP contribution >= 0.6 is 11.3 Å². The molecule has 0 spiro atoms. The van der Waals surface area contributed by atoms with Crippen molar-refractivity contribution in [3.63, 3.8) is 0 Å². The number of nitriles is 2. The Balaban J connectivity index is 1.78. The fourth-order valence-electron chi connectivity index (χ4n) is 2.61. The summed E-state index contributed by atoms with van der Waals surface area (Å²) >= 11 is 1.58. The maximum atomic E-state index is 8.90. The molecule has 5 nitrogen and oxygen atoms in total. The van der Waals surface area contributed by atoms with Crippen molar-refractivity contribution < 1.29 is 8.83 Å². The molecule has 0 aliphatic heterocycles. The second-order valence-corrected chi connectivity index (χ2v) is 7.41. The van der Waals surface area contributed by atoms with E-state index < -0.39 is 0 Å². The van der Waals surface area contributed by atoms with Gasteiger partial charge in [-0.3, -0.25) is 0 Å². The van der Waals surface area contributed by atoms with Gasteiger partial charge in [0.25, 0.3) is 0 Å². The summed E-state index contributed by atoms with van der Waals surface area (Å²) < 4.78 is 12.6. The number of allylic oxidation sites excluding steroid dienone is 4. The van der Waals surface area contributed by atoms with Crippen LogP contribution < -0.4 is 5.32 Å². The molecule has 0 atom stereocenters. The van der Waals surface area contributed by atoms with E-state index in [0.29, 0.717) is 22.7 Å². The smallest absolute Gasteiger partial charge is 0.152 e.